The summed E-state index contributed by atoms with van der Waals surface area (Å²) in [5.74, 6) is -0.428. The fourth-order valence-corrected chi connectivity index (χ4v) is 3.05. The van der Waals surface area contributed by atoms with Crippen molar-refractivity contribution in [3.63, 3.8) is 0 Å². The van der Waals surface area contributed by atoms with E-state index in [-0.39, 0.29) is 17.4 Å². The second-order valence-corrected chi connectivity index (χ2v) is 6.34. The highest BCUT2D eigenvalue weighted by Gasteiger charge is 2.43. The van der Waals surface area contributed by atoms with Gasteiger partial charge in [0.1, 0.15) is 11.2 Å². The molecule has 0 aliphatic carbocycles. The van der Waals surface area contributed by atoms with E-state index in [0.29, 0.717) is 22.8 Å². The summed E-state index contributed by atoms with van der Waals surface area (Å²) in [5, 5.41) is 4.96. The van der Waals surface area contributed by atoms with Crippen molar-refractivity contribution in [3.8, 4) is 0 Å². The molecule has 2 aromatic rings. The molecule has 1 unspecified atom stereocenters. The zero-order valence-electron chi connectivity index (χ0n) is 14.5. The Kier molecular flexibility index (Phi) is 5.06. The van der Waals surface area contributed by atoms with Crippen LogP contribution in [0.2, 0.25) is 5.02 Å². The lowest BCUT2D eigenvalue weighted by atomic mass is 9.85. The normalized spacial score (nSPS) is 19.9. The first-order chi connectivity index (χ1) is 12.5. The van der Waals surface area contributed by atoms with Crippen LogP contribution >= 0.6 is 11.6 Å². The summed E-state index contributed by atoms with van der Waals surface area (Å²) in [6.07, 6.45) is 4.85. The van der Waals surface area contributed by atoms with Gasteiger partial charge < -0.3 is 5.32 Å². The van der Waals surface area contributed by atoms with Crippen LogP contribution in [0.3, 0.4) is 0 Å². The van der Waals surface area contributed by atoms with Crippen LogP contribution in [0.5, 0.6) is 0 Å². The van der Waals surface area contributed by atoms with E-state index in [9.17, 15) is 9.59 Å². The molecule has 2 N–H and O–H groups in total. The number of aromatic nitrogens is 1. The minimum Gasteiger partial charge on any atom is -0.350 e. The third kappa shape index (κ3) is 3.21. The Hall–Kier alpha value is -2.70. The summed E-state index contributed by atoms with van der Waals surface area (Å²) in [6.45, 7) is 3.69. The summed E-state index contributed by atoms with van der Waals surface area (Å²) in [4.78, 5) is 29.5. The first kappa shape index (κ1) is 18.1. The van der Waals surface area contributed by atoms with E-state index in [2.05, 4.69) is 15.7 Å². The summed E-state index contributed by atoms with van der Waals surface area (Å²) < 4.78 is 0. The first-order valence-corrected chi connectivity index (χ1v) is 8.61. The lowest BCUT2D eigenvalue weighted by Crippen LogP contribution is -2.61. The number of benzene rings is 1. The number of para-hydroxylation sites is 1. The zero-order valence-corrected chi connectivity index (χ0v) is 15.2. The van der Waals surface area contributed by atoms with Crippen LogP contribution in [-0.4, -0.2) is 28.2 Å². The number of hydrazine groups is 1. The SMILES string of the molecule is CCN1NC(C(C)=O)(c2cccnc2)C=C(Nc2ccccc2Cl)C1=O. The Balaban J connectivity index is 2.12. The zero-order chi connectivity index (χ0) is 18.7. The topological polar surface area (TPSA) is 74.3 Å². The Morgan fingerprint density at radius 1 is 1.31 bits per heavy atom. The second kappa shape index (κ2) is 7.27. The Morgan fingerprint density at radius 3 is 2.69 bits per heavy atom. The number of hydrogen-bond acceptors (Lipinski definition) is 5. The first-order valence-electron chi connectivity index (χ1n) is 8.23. The van der Waals surface area contributed by atoms with Gasteiger partial charge in [-0.15, -0.1) is 0 Å². The van der Waals surface area contributed by atoms with Crippen molar-refractivity contribution in [2.24, 2.45) is 0 Å². The molecule has 0 fully saturated rings. The van der Waals surface area contributed by atoms with Crippen molar-refractivity contribution >= 4 is 29.0 Å². The highest BCUT2D eigenvalue weighted by molar-refractivity contribution is 6.33. The number of pyridine rings is 1. The summed E-state index contributed by atoms with van der Waals surface area (Å²) in [6, 6.07) is 10.7. The third-order valence-corrected chi connectivity index (χ3v) is 4.61. The van der Waals surface area contributed by atoms with Crippen LogP contribution in [0.1, 0.15) is 19.4 Å². The van der Waals surface area contributed by atoms with Crippen molar-refractivity contribution in [3.05, 3.63) is 71.2 Å². The molecule has 1 aromatic heterocycles. The molecular weight excluding hydrogens is 352 g/mol. The maximum absolute atomic E-state index is 12.8. The monoisotopic (exact) mass is 370 g/mol. The fraction of sp³-hybridized carbons (Fsp3) is 0.211. The predicted octanol–water partition coefficient (Wildman–Crippen LogP) is 2.88. The summed E-state index contributed by atoms with van der Waals surface area (Å²) in [5.41, 5.74) is 3.38. The van der Waals surface area contributed by atoms with Gasteiger partial charge in [0.2, 0.25) is 0 Å². The number of likely N-dealkylation sites (N-methyl/N-ethyl adjacent to an activating group) is 1. The standard InChI is InChI=1S/C19H19ClN4O2/c1-3-24-18(26)17(22-16-9-5-4-8-15(16)20)11-19(23-24,13(2)25)14-7-6-10-21-12-14/h4-12,22-23H,3H2,1-2H3. The van der Waals surface area contributed by atoms with E-state index in [1.54, 1.807) is 48.8 Å². The molecule has 3 rings (SSSR count). The van der Waals surface area contributed by atoms with Gasteiger partial charge in [-0.3, -0.25) is 19.6 Å². The van der Waals surface area contributed by atoms with Crippen LogP contribution in [0, 0.1) is 0 Å². The number of hydrogen-bond donors (Lipinski definition) is 2. The highest BCUT2D eigenvalue weighted by Crippen LogP contribution is 2.31. The maximum atomic E-state index is 12.8. The third-order valence-electron chi connectivity index (χ3n) is 4.28. The smallest absolute Gasteiger partial charge is 0.284 e. The number of amides is 1. The largest absolute Gasteiger partial charge is 0.350 e. The fourth-order valence-electron chi connectivity index (χ4n) is 2.87. The van der Waals surface area contributed by atoms with E-state index in [1.807, 2.05) is 13.0 Å². The van der Waals surface area contributed by atoms with Crippen LogP contribution in [0.25, 0.3) is 0 Å². The van der Waals surface area contributed by atoms with Gasteiger partial charge in [-0.2, -0.15) is 0 Å². The Bertz CT molecular complexity index is 869. The molecule has 0 spiro atoms. The summed E-state index contributed by atoms with van der Waals surface area (Å²) >= 11 is 6.20. The van der Waals surface area contributed by atoms with Gasteiger partial charge in [-0.1, -0.05) is 29.8 Å². The molecule has 1 aliphatic rings. The van der Waals surface area contributed by atoms with E-state index in [1.165, 1.54) is 11.9 Å². The molecule has 2 heterocycles. The van der Waals surface area contributed by atoms with Gasteiger partial charge in [0, 0.05) is 24.5 Å². The lowest BCUT2D eigenvalue weighted by molar-refractivity contribution is -0.136. The molecule has 134 valence electrons. The number of halogens is 1. The average Bonchev–Trinajstić information content (AvgIpc) is 2.65. The Morgan fingerprint density at radius 2 is 2.08 bits per heavy atom. The number of carbonyl (C=O) groups excluding carboxylic acids is 2. The number of rotatable bonds is 5. The number of Topliss-reactive ketones (excluding diaryl/α,β-unsaturated/α-hetero) is 1. The Labute approximate surface area is 156 Å². The van der Waals surface area contributed by atoms with Gasteiger partial charge in [-0.25, -0.2) is 5.43 Å². The van der Waals surface area contributed by atoms with Crippen molar-refractivity contribution in [1.82, 2.24) is 15.4 Å². The van der Waals surface area contributed by atoms with Crippen LogP contribution < -0.4 is 10.7 Å². The number of carbonyl (C=O) groups is 2. The molecular formula is C19H19ClN4O2. The van der Waals surface area contributed by atoms with Crippen LogP contribution in [-0.2, 0) is 15.1 Å². The van der Waals surface area contributed by atoms with Gasteiger partial charge in [-0.05, 0) is 38.1 Å². The van der Waals surface area contributed by atoms with Crippen molar-refractivity contribution in [1.29, 1.82) is 0 Å². The highest BCUT2D eigenvalue weighted by atomic mass is 35.5. The second-order valence-electron chi connectivity index (χ2n) is 5.93. The van der Waals surface area contributed by atoms with Crippen molar-refractivity contribution in [2.75, 3.05) is 11.9 Å². The molecule has 26 heavy (non-hydrogen) atoms. The molecule has 7 heteroatoms. The number of nitrogens with one attached hydrogen (secondary N) is 2. The van der Waals surface area contributed by atoms with Gasteiger partial charge in [0.15, 0.2) is 5.78 Å². The lowest BCUT2D eigenvalue weighted by Gasteiger charge is -2.40. The van der Waals surface area contributed by atoms with E-state index >= 15 is 0 Å². The number of ketones is 1. The minimum absolute atomic E-state index is 0.157. The van der Waals surface area contributed by atoms with Gasteiger partial charge >= 0.3 is 0 Å². The van der Waals surface area contributed by atoms with Gasteiger partial charge in [0.05, 0.1) is 10.7 Å². The maximum Gasteiger partial charge on any atom is 0.284 e. The van der Waals surface area contributed by atoms with E-state index in [0.717, 1.165) is 0 Å². The molecule has 1 amide bonds. The molecule has 1 atom stereocenters. The average molecular weight is 371 g/mol. The molecule has 0 bridgehead atoms. The molecule has 1 aliphatic heterocycles. The molecule has 0 saturated heterocycles. The predicted molar refractivity (Wildman–Crippen MR) is 100 cm³/mol. The molecule has 1 aromatic carbocycles. The van der Waals surface area contributed by atoms with Crippen molar-refractivity contribution < 1.29 is 9.59 Å². The summed E-state index contributed by atoms with van der Waals surface area (Å²) in [7, 11) is 0. The number of anilines is 1. The van der Waals surface area contributed by atoms with Gasteiger partial charge in [0.25, 0.3) is 5.91 Å². The minimum atomic E-state index is -1.19. The van der Waals surface area contributed by atoms with E-state index in [4.69, 9.17) is 11.6 Å². The van der Waals surface area contributed by atoms with Crippen LogP contribution in [0.4, 0.5) is 5.69 Å². The quantitative estimate of drug-likeness (QED) is 0.846. The number of nitrogens with zero attached hydrogens (tertiary/aromatic N) is 2. The van der Waals surface area contributed by atoms with Crippen LogP contribution in [0.15, 0.2) is 60.6 Å². The van der Waals surface area contributed by atoms with E-state index < -0.39 is 5.54 Å². The molecule has 0 radical (unpaired) electrons. The molecule has 6 nitrogen and oxygen atoms in total. The van der Waals surface area contributed by atoms with Crippen molar-refractivity contribution in [2.45, 2.75) is 19.4 Å². The molecule has 0 saturated carbocycles.